The number of aliphatic hydroxyl groups is 1. The number of carbonyl (C=O) groups is 1. The van der Waals surface area contributed by atoms with Crippen LogP contribution >= 0.6 is 7.75 Å². The number of para-hydroxylation sites is 1. The summed E-state index contributed by atoms with van der Waals surface area (Å²) in [5.74, 6) is 1.94. The standard InChI is InChI=1S/C46H64FN6O7P/c1-4-7-9-11-13-15-21-27-36(28-22-16-14-12-10-8-5-2)58-44(55)38(31-35-25-19-17-20-26-35)52-61(56,60-37-29-23-18-24-30-37)57-33-46(6-3)39(54)32-40(59-46)53-34-49-41-42(48)50-45(47)51-43(41)53/h3,17-20,23-26,29-30,34,36,38-40,54H,4-5,7-16,21-22,27-28,31-33H2,1-2H3,(H,52,56)(H2,48,50,51)/t38-,39-,40+,46+,61?/m0/s1. The van der Waals surface area contributed by atoms with Crippen LogP contribution in [0.3, 0.4) is 0 Å². The number of imidazole rings is 1. The van der Waals surface area contributed by atoms with Crippen molar-refractivity contribution in [2.24, 2.45) is 0 Å². The second-order valence-corrected chi connectivity index (χ2v) is 17.7. The molecule has 0 amide bonds. The quantitative estimate of drug-likeness (QED) is 0.0162. The molecule has 13 nitrogen and oxygen atoms in total. The molecule has 1 unspecified atom stereocenters. The number of benzene rings is 2. The normalized spacial score (nSPS) is 19.1. The average molecular weight is 863 g/mol. The number of hydrogen-bond donors (Lipinski definition) is 3. The van der Waals surface area contributed by atoms with E-state index in [0.29, 0.717) is 0 Å². The largest absolute Gasteiger partial charge is 0.461 e. The minimum absolute atomic E-state index is 0.0372. The zero-order valence-electron chi connectivity index (χ0n) is 35.8. The SMILES string of the molecule is C#C[C@]1(COP(=O)(N[C@@H](Cc2ccccc2)C(=O)OC(CCCCCCCCC)CCCCCCCCC)Oc2ccccc2)O[C@@H](n2cnc3c(N)nc(F)nc32)C[C@@H]1O. The Bertz CT molecular complexity index is 2000. The van der Waals surface area contributed by atoms with Crippen molar-refractivity contribution in [1.29, 1.82) is 0 Å². The first kappa shape index (κ1) is 47.7. The fraction of sp³-hybridized carbons (Fsp3) is 0.565. The molecule has 15 heteroatoms. The Morgan fingerprint density at radius 2 is 1.56 bits per heavy atom. The van der Waals surface area contributed by atoms with Crippen LogP contribution in [-0.4, -0.2) is 61.1 Å². The van der Waals surface area contributed by atoms with Gasteiger partial charge >= 0.3 is 19.8 Å². The highest BCUT2D eigenvalue weighted by Crippen LogP contribution is 2.48. The third-order valence-corrected chi connectivity index (χ3v) is 12.7. The van der Waals surface area contributed by atoms with Crippen molar-refractivity contribution >= 4 is 30.7 Å². The molecule has 1 saturated heterocycles. The van der Waals surface area contributed by atoms with E-state index in [4.69, 9.17) is 30.7 Å². The maximum Gasteiger partial charge on any atom is 0.459 e. The number of aliphatic hydroxyl groups excluding tert-OH is 1. The number of carbonyl (C=O) groups excluding carboxylic acids is 1. The summed E-state index contributed by atoms with van der Waals surface area (Å²) in [4.78, 5) is 25.9. The van der Waals surface area contributed by atoms with Crippen LogP contribution in [0.2, 0.25) is 0 Å². The molecule has 1 aliphatic rings. The number of hydrogen-bond acceptors (Lipinski definition) is 11. The Balaban J connectivity index is 1.35. The van der Waals surface area contributed by atoms with E-state index in [-0.39, 0.29) is 41.7 Å². The van der Waals surface area contributed by atoms with Crippen LogP contribution in [0.15, 0.2) is 67.0 Å². The van der Waals surface area contributed by atoms with Crippen LogP contribution in [0, 0.1) is 18.4 Å². The van der Waals surface area contributed by atoms with Crippen LogP contribution in [-0.2, 0) is 29.8 Å². The Kier molecular flexibility index (Phi) is 19.0. The van der Waals surface area contributed by atoms with Crippen molar-refractivity contribution < 1.29 is 37.4 Å². The number of esters is 1. The molecule has 4 aromatic rings. The van der Waals surface area contributed by atoms with Gasteiger partial charge in [-0.1, -0.05) is 145 Å². The fourth-order valence-corrected chi connectivity index (χ4v) is 9.14. The number of unbranched alkanes of at least 4 members (excludes halogenated alkanes) is 12. The molecule has 1 fully saturated rings. The highest BCUT2D eigenvalue weighted by molar-refractivity contribution is 7.52. The van der Waals surface area contributed by atoms with E-state index in [2.05, 4.69) is 39.8 Å². The van der Waals surface area contributed by atoms with Gasteiger partial charge in [0.05, 0.1) is 6.33 Å². The van der Waals surface area contributed by atoms with Gasteiger partial charge in [0, 0.05) is 6.42 Å². The number of nitrogen functional groups attached to an aromatic ring is 1. The van der Waals surface area contributed by atoms with E-state index in [1.807, 2.05) is 30.3 Å². The van der Waals surface area contributed by atoms with Gasteiger partial charge in [0.2, 0.25) is 0 Å². The molecule has 0 radical (unpaired) electrons. The summed E-state index contributed by atoms with van der Waals surface area (Å²) in [5, 5.41) is 14.3. The first-order chi connectivity index (χ1) is 29.6. The topological polar surface area (TPSA) is 173 Å². The number of nitrogens with zero attached hydrogens (tertiary/aromatic N) is 4. The Labute approximate surface area is 360 Å². The fourth-order valence-electron chi connectivity index (χ4n) is 7.62. The van der Waals surface area contributed by atoms with Gasteiger partial charge < -0.3 is 24.8 Å². The van der Waals surface area contributed by atoms with Crippen molar-refractivity contribution in [3.63, 3.8) is 0 Å². The van der Waals surface area contributed by atoms with E-state index in [0.717, 1.165) is 56.9 Å². The van der Waals surface area contributed by atoms with Gasteiger partial charge in [-0.25, -0.2) is 9.55 Å². The zero-order chi connectivity index (χ0) is 43.5. The molecule has 2 aromatic heterocycles. The number of nitrogens with two attached hydrogens (primary N) is 1. The minimum atomic E-state index is -4.52. The molecule has 0 spiro atoms. The summed E-state index contributed by atoms with van der Waals surface area (Å²) in [6.07, 6.45) is 21.2. The van der Waals surface area contributed by atoms with Crippen LogP contribution in [0.5, 0.6) is 5.75 Å². The number of halogens is 1. The predicted octanol–water partition coefficient (Wildman–Crippen LogP) is 9.80. The second kappa shape index (κ2) is 24.3. The molecule has 0 saturated carbocycles. The lowest BCUT2D eigenvalue weighted by molar-refractivity contribution is -0.152. The number of terminal acetylenes is 1. The van der Waals surface area contributed by atoms with E-state index < -0.39 is 50.4 Å². The van der Waals surface area contributed by atoms with Crippen molar-refractivity contribution in [2.75, 3.05) is 12.3 Å². The van der Waals surface area contributed by atoms with Crippen LogP contribution in [0.25, 0.3) is 11.2 Å². The van der Waals surface area contributed by atoms with Crippen molar-refractivity contribution in [1.82, 2.24) is 24.6 Å². The summed E-state index contributed by atoms with van der Waals surface area (Å²) >= 11 is 0. The minimum Gasteiger partial charge on any atom is -0.461 e. The summed E-state index contributed by atoms with van der Waals surface area (Å²) < 4.78 is 55.3. The number of rotatable bonds is 28. The van der Waals surface area contributed by atoms with E-state index in [9.17, 15) is 14.3 Å². The Morgan fingerprint density at radius 1 is 0.967 bits per heavy atom. The van der Waals surface area contributed by atoms with E-state index >= 15 is 4.57 Å². The highest BCUT2D eigenvalue weighted by Gasteiger charge is 2.50. The second-order valence-electron chi connectivity index (χ2n) is 16.0. The number of fused-ring (bicyclic) bond motifs is 1. The Hall–Kier alpha value is -4.38. The monoisotopic (exact) mass is 862 g/mol. The van der Waals surface area contributed by atoms with Gasteiger partial charge in [-0.05, 0) is 49.8 Å². The van der Waals surface area contributed by atoms with Gasteiger partial charge in [-0.3, -0.25) is 13.9 Å². The average Bonchev–Trinajstić information content (AvgIpc) is 3.83. The molecular formula is C46H64FN6O7P. The van der Waals surface area contributed by atoms with Crippen molar-refractivity contribution in [2.45, 2.75) is 160 Å². The molecule has 5 atom stereocenters. The molecule has 0 aliphatic carbocycles. The van der Waals surface area contributed by atoms with Crippen LogP contribution < -0.4 is 15.3 Å². The summed E-state index contributed by atoms with van der Waals surface area (Å²) in [6.45, 7) is 3.80. The number of ether oxygens (including phenoxy) is 2. The van der Waals surface area contributed by atoms with Crippen molar-refractivity contribution in [3.8, 4) is 18.1 Å². The molecule has 1 aliphatic heterocycles. The third kappa shape index (κ3) is 14.3. The maximum atomic E-state index is 15.0. The van der Waals surface area contributed by atoms with Gasteiger partial charge in [-0.2, -0.15) is 19.4 Å². The molecule has 61 heavy (non-hydrogen) atoms. The molecule has 5 rings (SSSR count). The van der Waals surface area contributed by atoms with Crippen LogP contribution in [0.1, 0.15) is 135 Å². The number of anilines is 1. The molecule has 0 bridgehead atoms. The molecule has 2 aromatic carbocycles. The Morgan fingerprint density at radius 3 is 2.16 bits per heavy atom. The van der Waals surface area contributed by atoms with E-state index in [1.165, 1.54) is 62.3 Å². The van der Waals surface area contributed by atoms with Gasteiger partial charge in [0.1, 0.15) is 36.8 Å². The molecule has 4 N–H and O–H groups in total. The number of nitrogens with one attached hydrogen (secondary N) is 1. The smallest absolute Gasteiger partial charge is 0.459 e. The first-order valence-electron chi connectivity index (χ1n) is 22.1. The lowest BCUT2D eigenvalue weighted by atomic mass is 9.99. The summed E-state index contributed by atoms with van der Waals surface area (Å²) in [7, 11) is -4.52. The van der Waals surface area contributed by atoms with Gasteiger partial charge in [0.25, 0.3) is 0 Å². The summed E-state index contributed by atoms with van der Waals surface area (Å²) in [6, 6.07) is 16.6. The zero-order valence-corrected chi connectivity index (χ0v) is 36.7. The predicted molar refractivity (Wildman–Crippen MR) is 235 cm³/mol. The lowest BCUT2D eigenvalue weighted by Gasteiger charge is -2.30. The summed E-state index contributed by atoms with van der Waals surface area (Å²) in [5.41, 5.74) is 4.98. The first-order valence-corrected chi connectivity index (χ1v) is 23.6. The van der Waals surface area contributed by atoms with Crippen LogP contribution in [0.4, 0.5) is 10.2 Å². The number of aromatic nitrogens is 4. The third-order valence-electron chi connectivity index (χ3n) is 11.1. The molecule has 3 heterocycles. The maximum absolute atomic E-state index is 15.0. The molecular weight excluding hydrogens is 799 g/mol. The highest BCUT2D eigenvalue weighted by atomic mass is 31.2. The lowest BCUT2D eigenvalue weighted by Crippen LogP contribution is -2.45. The van der Waals surface area contributed by atoms with Crippen molar-refractivity contribution in [3.05, 3.63) is 78.6 Å². The molecule has 332 valence electrons. The van der Waals surface area contributed by atoms with Gasteiger partial charge in [-0.15, -0.1) is 6.42 Å². The van der Waals surface area contributed by atoms with E-state index in [1.54, 1.807) is 30.3 Å². The van der Waals surface area contributed by atoms with Gasteiger partial charge in [0.15, 0.2) is 22.6 Å².